The highest BCUT2D eigenvalue weighted by molar-refractivity contribution is 7.89. The number of nitrogens with one attached hydrogen (secondary N) is 2. The molecule has 9 heteroatoms. The molecule has 1 saturated heterocycles. The maximum Gasteiger partial charge on any atom is 0.251 e. The SMILES string of the molecule is O=C(NCc1cccc(OCc2ccccn2)c1)c1ccc(S(=O)(=O)NCC2CCCO2)cc1. The van der Waals surface area contributed by atoms with Crippen LogP contribution in [0, 0.1) is 0 Å². The Kier molecular flexibility index (Phi) is 7.89. The number of hydrogen-bond donors (Lipinski definition) is 2. The molecule has 4 rings (SSSR count). The molecule has 0 saturated carbocycles. The molecule has 1 aliphatic heterocycles. The molecule has 1 aliphatic rings. The summed E-state index contributed by atoms with van der Waals surface area (Å²) in [6.07, 6.45) is 3.42. The van der Waals surface area contributed by atoms with Crippen molar-refractivity contribution >= 4 is 15.9 Å². The van der Waals surface area contributed by atoms with Crippen LogP contribution in [0.3, 0.4) is 0 Å². The minimum absolute atomic E-state index is 0.0845. The first-order valence-electron chi connectivity index (χ1n) is 11.1. The normalized spacial score (nSPS) is 15.7. The smallest absolute Gasteiger partial charge is 0.251 e. The largest absolute Gasteiger partial charge is 0.487 e. The summed E-state index contributed by atoms with van der Waals surface area (Å²) in [6.45, 7) is 1.57. The standard InChI is InChI=1S/C25H27N3O5S/c29-25(20-9-11-24(12-10-20)34(30,31)28-17-23-8-4-14-32-23)27-16-19-5-3-7-22(15-19)33-18-21-6-1-2-13-26-21/h1-3,5-7,9-13,15,23,28H,4,8,14,16-18H2,(H,27,29). The van der Waals surface area contributed by atoms with E-state index >= 15 is 0 Å². The first-order valence-corrected chi connectivity index (χ1v) is 12.6. The Labute approximate surface area is 199 Å². The van der Waals surface area contributed by atoms with Crippen molar-refractivity contribution in [3.63, 3.8) is 0 Å². The van der Waals surface area contributed by atoms with Gasteiger partial charge in [0.05, 0.1) is 16.7 Å². The van der Waals surface area contributed by atoms with E-state index in [1.165, 1.54) is 24.3 Å². The summed E-state index contributed by atoms with van der Waals surface area (Å²) in [4.78, 5) is 16.9. The van der Waals surface area contributed by atoms with E-state index in [1.54, 1.807) is 6.20 Å². The van der Waals surface area contributed by atoms with Crippen LogP contribution in [0.15, 0.2) is 77.8 Å². The summed E-state index contributed by atoms with van der Waals surface area (Å²) in [7, 11) is -3.66. The van der Waals surface area contributed by atoms with E-state index in [9.17, 15) is 13.2 Å². The quantitative estimate of drug-likeness (QED) is 0.461. The second-order valence-electron chi connectivity index (χ2n) is 7.95. The molecule has 2 aromatic carbocycles. The molecule has 0 radical (unpaired) electrons. The number of carbonyl (C=O) groups is 1. The first-order chi connectivity index (χ1) is 16.5. The summed E-state index contributed by atoms with van der Waals surface area (Å²) in [5.74, 6) is 0.388. The molecule has 178 valence electrons. The van der Waals surface area contributed by atoms with Crippen LogP contribution in [0.5, 0.6) is 5.75 Å². The number of hydrogen-bond acceptors (Lipinski definition) is 6. The lowest BCUT2D eigenvalue weighted by Gasteiger charge is -2.12. The van der Waals surface area contributed by atoms with Crippen molar-refractivity contribution in [1.29, 1.82) is 0 Å². The topological polar surface area (TPSA) is 107 Å². The summed E-state index contributed by atoms with van der Waals surface area (Å²) in [5, 5.41) is 2.85. The Hall–Kier alpha value is -3.27. The Morgan fingerprint density at radius 1 is 1.09 bits per heavy atom. The minimum atomic E-state index is -3.66. The van der Waals surface area contributed by atoms with E-state index in [4.69, 9.17) is 9.47 Å². The number of ether oxygens (including phenoxy) is 2. The van der Waals surface area contributed by atoms with Crippen molar-refractivity contribution < 1.29 is 22.7 Å². The molecule has 3 aromatic rings. The van der Waals surface area contributed by atoms with Crippen molar-refractivity contribution in [3.05, 3.63) is 89.7 Å². The zero-order valence-electron chi connectivity index (χ0n) is 18.6. The van der Waals surface area contributed by atoms with E-state index in [1.807, 2.05) is 42.5 Å². The van der Waals surface area contributed by atoms with Gasteiger partial charge in [0, 0.05) is 31.5 Å². The summed E-state index contributed by atoms with van der Waals surface area (Å²) >= 11 is 0. The van der Waals surface area contributed by atoms with E-state index in [0.717, 1.165) is 24.1 Å². The van der Waals surface area contributed by atoms with Gasteiger partial charge in [-0.25, -0.2) is 13.1 Å². The highest BCUT2D eigenvalue weighted by Crippen LogP contribution is 2.16. The maximum atomic E-state index is 12.5. The lowest BCUT2D eigenvalue weighted by atomic mass is 10.2. The van der Waals surface area contributed by atoms with E-state index in [0.29, 0.717) is 31.1 Å². The van der Waals surface area contributed by atoms with Crippen LogP contribution in [-0.2, 0) is 27.9 Å². The highest BCUT2D eigenvalue weighted by atomic mass is 32.2. The van der Waals surface area contributed by atoms with Gasteiger partial charge in [0.15, 0.2) is 0 Å². The molecule has 1 fully saturated rings. The Morgan fingerprint density at radius 2 is 1.94 bits per heavy atom. The Bertz CT molecular complexity index is 1190. The third-order valence-corrected chi connectivity index (χ3v) is 6.86. The number of aromatic nitrogens is 1. The predicted molar refractivity (Wildman–Crippen MR) is 127 cm³/mol. The molecule has 0 bridgehead atoms. The second kappa shape index (κ2) is 11.2. The highest BCUT2D eigenvalue weighted by Gasteiger charge is 2.20. The fourth-order valence-corrected chi connectivity index (χ4v) is 4.61. The van der Waals surface area contributed by atoms with Gasteiger partial charge in [0.25, 0.3) is 5.91 Å². The Morgan fingerprint density at radius 3 is 2.68 bits per heavy atom. The summed E-state index contributed by atoms with van der Waals surface area (Å²) < 4.78 is 38.7. The van der Waals surface area contributed by atoms with Gasteiger partial charge in [-0.2, -0.15) is 0 Å². The zero-order chi connectivity index (χ0) is 23.8. The molecule has 1 amide bonds. The lowest BCUT2D eigenvalue weighted by molar-refractivity contribution is 0.0950. The molecule has 2 heterocycles. The molecule has 1 aromatic heterocycles. The second-order valence-corrected chi connectivity index (χ2v) is 9.72. The number of amides is 1. The average Bonchev–Trinajstić information content (AvgIpc) is 3.40. The molecule has 8 nitrogen and oxygen atoms in total. The fraction of sp³-hybridized carbons (Fsp3) is 0.280. The molecule has 34 heavy (non-hydrogen) atoms. The number of benzene rings is 2. The lowest BCUT2D eigenvalue weighted by Crippen LogP contribution is -2.31. The number of carbonyl (C=O) groups excluding carboxylic acids is 1. The molecule has 0 aliphatic carbocycles. The van der Waals surface area contributed by atoms with Crippen molar-refractivity contribution in [3.8, 4) is 5.75 Å². The average molecular weight is 482 g/mol. The summed E-state index contributed by atoms with van der Waals surface area (Å²) in [6, 6.07) is 19.0. The molecule has 1 atom stereocenters. The van der Waals surface area contributed by atoms with Crippen molar-refractivity contribution in [2.45, 2.75) is 37.0 Å². The molecular weight excluding hydrogens is 454 g/mol. The van der Waals surface area contributed by atoms with Crippen molar-refractivity contribution in [1.82, 2.24) is 15.0 Å². The molecule has 1 unspecified atom stereocenters. The van der Waals surface area contributed by atoms with Gasteiger partial charge >= 0.3 is 0 Å². The van der Waals surface area contributed by atoms with Crippen molar-refractivity contribution in [2.75, 3.05) is 13.2 Å². The maximum absolute atomic E-state index is 12.5. The Balaban J connectivity index is 1.29. The van der Waals surface area contributed by atoms with E-state index in [-0.39, 0.29) is 23.5 Å². The van der Waals surface area contributed by atoms with Gasteiger partial charge in [0.1, 0.15) is 12.4 Å². The van der Waals surface area contributed by atoms with Crippen LogP contribution in [0.1, 0.15) is 34.5 Å². The van der Waals surface area contributed by atoms with Crippen LogP contribution in [0.4, 0.5) is 0 Å². The van der Waals surface area contributed by atoms with Crippen LogP contribution >= 0.6 is 0 Å². The van der Waals surface area contributed by atoms with E-state index < -0.39 is 10.0 Å². The number of sulfonamides is 1. The minimum Gasteiger partial charge on any atom is -0.487 e. The van der Waals surface area contributed by atoms with Gasteiger partial charge in [-0.1, -0.05) is 18.2 Å². The monoisotopic (exact) mass is 481 g/mol. The number of nitrogens with zero attached hydrogens (tertiary/aromatic N) is 1. The molecular formula is C25H27N3O5S. The third kappa shape index (κ3) is 6.63. The van der Waals surface area contributed by atoms with Gasteiger partial charge in [-0.05, 0) is 66.9 Å². The summed E-state index contributed by atoms with van der Waals surface area (Å²) in [5.41, 5.74) is 2.08. The first kappa shape index (κ1) is 23.9. The van der Waals surface area contributed by atoms with Crippen LogP contribution in [0.2, 0.25) is 0 Å². The molecule has 0 spiro atoms. The van der Waals surface area contributed by atoms with Crippen molar-refractivity contribution in [2.24, 2.45) is 0 Å². The van der Waals surface area contributed by atoms with Crippen LogP contribution in [0.25, 0.3) is 0 Å². The van der Waals surface area contributed by atoms with E-state index in [2.05, 4.69) is 15.0 Å². The zero-order valence-corrected chi connectivity index (χ0v) is 19.5. The third-order valence-electron chi connectivity index (χ3n) is 5.42. The van der Waals surface area contributed by atoms with Gasteiger partial charge < -0.3 is 14.8 Å². The van der Waals surface area contributed by atoms with Gasteiger partial charge in [0.2, 0.25) is 10.0 Å². The molecule has 2 N–H and O–H groups in total. The van der Waals surface area contributed by atoms with Crippen LogP contribution < -0.4 is 14.8 Å². The predicted octanol–water partition coefficient (Wildman–Crippen LogP) is 3.05. The van der Waals surface area contributed by atoms with Gasteiger partial charge in [-0.15, -0.1) is 0 Å². The number of pyridine rings is 1. The van der Waals surface area contributed by atoms with Crippen LogP contribution in [-0.4, -0.2) is 38.6 Å². The van der Waals surface area contributed by atoms with Gasteiger partial charge in [-0.3, -0.25) is 9.78 Å². The fourth-order valence-electron chi connectivity index (χ4n) is 3.55. The number of rotatable bonds is 10.